The second-order valence-electron chi connectivity index (χ2n) is 5.49. The largest absolute Gasteiger partial charge is 0.448 e. The van der Waals surface area contributed by atoms with E-state index in [0.717, 1.165) is 12.1 Å². The van der Waals surface area contributed by atoms with Gasteiger partial charge in [-0.25, -0.2) is 9.59 Å². The molecule has 1 atom stereocenters. The van der Waals surface area contributed by atoms with Crippen LogP contribution in [0.3, 0.4) is 0 Å². The van der Waals surface area contributed by atoms with Crippen molar-refractivity contribution in [2.75, 3.05) is 20.3 Å². The Balaban J connectivity index is 2.91. The third-order valence-electron chi connectivity index (χ3n) is 3.53. The van der Waals surface area contributed by atoms with Gasteiger partial charge in [-0.05, 0) is 38.6 Å². The average molecular weight is 392 g/mol. The summed E-state index contributed by atoms with van der Waals surface area (Å²) in [6.07, 6.45) is -5.77. The van der Waals surface area contributed by atoms with Crippen LogP contribution in [0.5, 0.6) is 0 Å². The van der Waals surface area contributed by atoms with Crippen molar-refractivity contribution in [3.8, 4) is 0 Å². The zero-order valence-electron chi connectivity index (χ0n) is 15.6. The lowest BCUT2D eigenvalue weighted by molar-refractivity contribution is -0.274. The summed E-state index contributed by atoms with van der Waals surface area (Å²) in [5, 5.41) is 3.33. The summed E-state index contributed by atoms with van der Waals surface area (Å²) in [7, 11) is 1.49. The van der Waals surface area contributed by atoms with E-state index in [1.54, 1.807) is 13.8 Å². The Labute approximate surface area is 155 Å². The Morgan fingerprint density at radius 2 is 1.70 bits per heavy atom. The lowest BCUT2D eigenvalue weighted by Gasteiger charge is -2.36. The van der Waals surface area contributed by atoms with Crippen LogP contribution in [0.1, 0.15) is 31.9 Å². The third-order valence-corrected chi connectivity index (χ3v) is 3.53. The van der Waals surface area contributed by atoms with Crippen molar-refractivity contribution < 1.29 is 37.1 Å². The number of hydrogen-bond donors (Lipinski definition) is 1. The van der Waals surface area contributed by atoms with Gasteiger partial charge in [-0.3, -0.25) is 5.32 Å². The van der Waals surface area contributed by atoms with Crippen LogP contribution in [0.25, 0.3) is 0 Å². The van der Waals surface area contributed by atoms with E-state index in [-0.39, 0.29) is 19.6 Å². The van der Waals surface area contributed by atoms with Gasteiger partial charge in [0.15, 0.2) is 0 Å². The van der Waals surface area contributed by atoms with E-state index in [0.29, 0.717) is 10.6 Å². The second-order valence-corrected chi connectivity index (χ2v) is 5.49. The van der Waals surface area contributed by atoms with Crippen molar-refractivity contribution in [3.05, 3.63) is 35.4 Å². The summed E-state index contributed by atoms with van der Waals surface area (Å²) in [5.41, 5.74) is -0.536. The molecule has 1 aromatic carbocycles. The van der Waals surface area contributed by atoms with Gasteiger partial charge in [-0.2, -0.15) is 13.2 Å². The maximum Gasteiger partial charge on any atom is 0.447 e. The normalized spacial score (nSPS) is 13.6. The van der Waals surface area contributed by atoms with Crippen LogP contribution in [-0.2, 0) is 31.7 Å². The van der Waals surface area contributed by atoms with Gasteiger partial charge in [0, 0.05) is 13.5 Å². The third kappa shape index (κ3) is 6.40. The Hall–Kier alpha value is -2.33. The summed E-state index contributed by atoms with van der Waals surface area (Å²) < 4.78 is 48.1. The minimum Gasteiger partial charge on any atom is -0.448 e. The quantitative estimate of drug-likeness (QED) is 0.568. The van der Waals surface area contributed by atoms with E-state index in [4.69, 9.17) is 14.3 Å². The van der Waals surface area contributed by atoms with Crippen molar-refractivity contribution in [1.29, 1.82) is 0 Å². The topological polar surface area (TPSA) is 77.1 Å². The number of halogens is 3. The fourth-order valence-electron chi connectivity index (χ4n) is 2.11. The molecule has 0 fully saturated rings. The van der Waals surface area contributed by atoms with E-state index in [9.17, 15) is 22.8 Å². The van der Waals surface area contributed by atoms with Crippen LogP contribution in [0.4, 0.5) is 18.0 Å². The van der Waals surface area contributed by atoms with Crippen molar-refractivity contribution in [2.24, 2.45) is 0 Å². The highest BCUT2D eigenvalue weighted by atomic mass is 19.4. The van der Waals surface area contributed by atoms with Gasteiger partial charge >= 0.3 is 18.2 Å². The predicted octanol–water partition coefficient (Wildman–Crippen LogP) is 3.09. The fraction of sp³-hybridized carbons (Fsp3) is 0.529. The lowest BCUT2D eigenvalue weighted by Crippen LogP contribution is -2.60. The van der Waals surface area contributed by atoms with Gasteiger partial charge < -0.3 is 14.3 Å². The molecule has 0 aromatic heterocycles. The van der Waals surface area contributed by atoms with Gasteiger partial charge in [0.1, 0.15) is 0 Å². The standard InChI is InChI=1S/C17H23F3N2O5/c1-5-25-15(24)22(16(3,21-4)26-6-2)27-14(23)11-12-7-9-13(10-8-12)17(18,19)20/h7-10,21H,5-6,11H2,1-4H3. The summed E-state index contributed by atoms with van der Waals surface area (Å²) in [6, 6.07) is 4.06. The van der Waals surface area contributed by atoms with Crippen LogP contribution >= 0.6 is 0 Å². The van der Waals surface area contributed by atoms with Crippen LogP contribution in [-0.4, -0.2) is 43.2 Å². The SMILES string of the molecule is CCOC(=O)N(OC(=O)Cc1ccc(C(F)(F)F)cc1)C(C)(NC)OCC. The first-order valence-electron chi connectivity index (χ1n) is 8.24. The lowest BCUT2D eigenvalue weighted by atomic mass is 10.1. The molecule has 0 aliphatic rings. The molecule has 0 bridgehead atoms. The molecule has 152 valence electrons. The Morgan fingerprint density at radius 1 is 1.11 bits per heavy atom. The molecule has 10 heteroatoms. The van der Waals surface area contributed by atoms with Crippen molar-refractivity contribution >= 4 is 12.1 Å². The highest BCUT2D eigenvalue weighted by molar-refractivity contribution is 5.75. The molecule has 1 unspecified atom stereocenters. The van der Waals surface area contributed by atoms with Gasteiger partial charge in [-0.15, -0.1) is 0 Å². The number of amides is 1. The molecule has 1 aromatic rings. The molecule has 0 saturated heterocycles. The molecule has 0 aliphatic heterocycles. The van der Waals surface area contributed by atoms with E-state index in [1.165, 1.54) is 26.1 Å². The number of carbonyl (C=O) groups is 2. The molecule has 1 rings (SSSR count). The van der Waals surface area contributed by atoms with Crippen molar-refractivity contribution in [1.82, 2.24) is 10.4 Å². The first-order chi connectivity index (χ1) is 12.6. The summed E-state index contributed by atoms with van der Waals surface area (Å²) in [6.45, 7) is 4.96. The van der Waals surface area contributed by atoms with Gasteiger partial charge in [0.05, 0.1) is 18.6 Å². The van der Waals surface area contributed by atoms with E-state index < -0.39 is 29.7 Å². The summed E-state index contributed by atoms with van der Waals surface area (Å²) in [5.74, 6) is -2.36. The number of nitrogens with zero attached hydrogens (tertiary/aromatic N) is 1. The zero-order chi connectivity index (χ0) is 20.7. The van der Waals surface area contributed by atoms with Crippen LogP contribution in [0.2, 0.25) is 0 Å². The molecule has 1 N–H and O–H groups in total. The van der Waals surface area contributed by atoms with Gasteiger partial charge in [0.25, 0.3) is 0 Å². The minimum atomic E-state index is -4.47. The Kier molecular flexibility index (Phi) is 8.04. The first kappa shape index (κ1) is 22.7. The summed E-state index contributed by atoms with van der Waals surface area (Å²) in [4.78, 5) is 29.4. The Bertz CT molecular complexity index is 636. The maximum atomic E-state index is 12.6. The fourth-order valence-corrected chi connectivity index (χ4v) is 2.11. The van der Waals surface area contributed by atoms with Crippen molar-refractivity contribution in [3.63, 3.8) is 0 Å². The van der Waals surface area contributed by atoms with Crippen LogP contribution in [0, 0.1) is 0 Å². The van der Waals surface area contributed by atoms with Gasteiger partial charge in [-0.1, -0.05) is 17.2 Å². The number of hydroxylamine groups is 2. The van der Waals surface area contributed by atoms with Gasteiger partial charge in [0.2, 0.25) is 5.85 Å². The average Bonchev–Trinajstić information content (AvgIpc) is 2.59. The van der Waals surface area contributed by atoms with Crippen molar-refractivity contribution in [2.45, 2.75) is 39.2 Å². The van der Waals surface area contributed by atoms with E-state index >= 15 is 0 Å². The minimum absolute atomic E-state index is 0.0394. The molecule has 7 nitrogen and oxygen atoms in total. The van der Waals surface area contributed by atoms with E-state index in [2.05, 4.69) is 5.32 Å². The number of rotatable bonds is 7. The number of nitrogens with one attached hydrogen (secondary N) is 1. The number of hydrogen-bond acceptors (Lipinski definition) is 6. The summed E-state index contributed by atoms with van der Waals surface area (Å²) >= 11 is 0. The molecule has 1 amide bonds. The van der Waals surface area contributed by atoms with Crippen LogP contribution < -0.4 is 5.32 Å². The predicted molar refractivity (Wildman–Crippen MR) is 89.2 cm³/mol. The number of carbonyl (C=O) groups excluding carboxylic acids is 2. The maximum absolute atomic E-state index is 12.6. The molecule has 0 heterocycles. The zero-order valence-corrected chi connectivity index (χ0v) is 15.6. The molecule has 0 saturated carbocycles. The van der Waals surface area contributed by atoms with E-state index in [1.807, 2.05) is 0 Å². The molecular formula is C17H23F3N2O5. The molecule has 0 radical (unpaired) electrons. The molecular weight excluding hydrogens is 369 g/mol. The highest BCUT2D eigenvalue weighted by Gasteiger charge is 2.40. The first-order valence-corrected chi connectivity index (χ1v) is 8.24. The smallest absolute Gasteiger partial charge is 0.447 e. The monoisotopic (exact) mass is 392 g/mol. The number of alkyl halides is 3. The van der Waals surface area contributed by atoms with Crippen LogP contribution in [0.15, 0.2) is 24.3 Å². The number of benzene rings is 1. The Morgan fingerprint density at radius 3 is 2.15 bits per heavy atom. The number of ether oxygens (including phenoxy) is 2. The second kappa shape index (κ2) is 9.56. The molecule has 27 heavy (non-hydrogen) atoms. The molecule has 0 aliphatic carbocycles. The molecule has 0 spiro atoms. The highest BCUT2D eigenvalue weighted by Crippen LogP contribution is 2.29.